The van der Waals surface area contributed by atoms with Crippen LogP contribution < -0.4 is 5.73 Å². The molecule has 0 aromatic rings. The molecule has 0 saturated heterocycles. The first-order valence-electron chi connectivity index (χ1n) is 39.6. The number of unbranched alkanes of at least 4 members (excludes halogenated alkanes) is 55. The van der Waals surface area contributed by atoms with Crippen molar-refractivity contribution in [3.8, 4) is 0 Å². The summed E-state index contributed by atoms with van der Waals surface area (Å²) in [5, 5.41) is 0. The number of nitrogens with two attached hydrogens (primary N) is 1. The van der Waals surface area contributed by atoms with Gasteiger partial charge < -0.3 is 20.1 Å². The molecule has 90 heavy (non-hydrogen) atoms. The largest absolute Gasteiger partial charge is 0.472 e. The van der Waals surface area contributed by atoms with Gasteiger partial charge in [-0.25, -0.2) is 4.57 Å². The van der Waals surface area contributed by atoms with Gasteiger partial charge in [0.2, 0.25) is 0 Å². The molecule has 0 aromatic carbocycles. The minimum Gasteiger partial charge on any atom is -0.462 e. The number of carbonyl (C=O) groups is 2. The van der Waals surface area contributed by atoms with Crippen molar-refractivity contribution in [1.29, 1.82) is 0 Å². The molecular formula is C80H152NO8P. The molecule has 2 atom stereocenters. The second kappa shape index (κ2) is 76.0. The number of phosphoric ester groups is 1. The van der Waals surface area contributed by atoms with Gasteiger partial charge in [-0.2, -0.15) is 0 Å². The van der Waals surface area contributed by atoms with Gasteiger partial charge in [-0.05, 0) is 51.4 Å². The molecule has 0 aliphatic heterocycles. The third-order valence-electron chi connectivity index (χ3n) is 18.0. The molecule has 3 N–H and O–H groups in total. The summed E-state index contributed by atoms with van der Waals surface area (Å²) in [4.78, 5) is 35.5. The zero-order chi connectivity index (χ0) is 65.1. The smallest absolute Gasteiger partial charge is 0.462 e. The fourth-order valence-corrected chi connectivity index (χ4v) is 12.9. The Morgan fingerprint density at radius 2 is 0.611 bits per heavy atom. The van der Waals surface area contributed by atoms with E-state index >= 15 is 0 Å². The zero-order valence-corrected chi connectivity index (χ0v) is 60.8. The van der Waals surface area contributed by atoms with Gasteiger partial charge in [0.1, 0.15) is 6.61 Å². The van der Waals surface area contributed by atoms with E-state index in [1.165, 1.54) is 327 Å². The van der Waals surface area contributed by atoms with E-state index in [-0.39, 0.29) is 38.6 Å². The van der Waals surface area contributed by atoms with Crippen molar-refractivity contribution in [2.75, 3.05) is 26.4 Å². The topological polar surface area (TPSA) is 134 Å². The van der Waals surface area contributed by atoms with E-state index in [0.717, 1.165) is 57.8 Å². The lowest BCUT2D eigenvalue weighted by atomic mass is 10.0. The van der Waals surface area contributed by atoms with Gasteiger partial charge in [0, 0.05) is 19.4 Å². The fraction of sp³-hybridized carbons (Fsp3) is 0.875. The van der Waals surface area contributed by atoms with E-state index in [9.17, 15) is 19.0 Å². The lowest BCUT2D eigenvalue weighted by Gasteiger charge is -2.19. The molecule has 0 aromatic heterocycles. The van der Waals surface area contributed by atoms with Gasteiger partial charge in [-0.3, -0.25) is 18.6 Å². The van der Waals surface area contributed by atoms with Crippen molar-refractivity contribution in [2.45, 2.75) is 424 Å². The zero-order valence-electron chi connectivity index (χ0n) is 59.9. The number of phosphoric acid groups is 1. The standard InChI is InChI=1S/C80H152NO8P/c1-3-5-7-9-11-13-15-17-19-21-23-25-27-29-31-33-35-37-39-41-43-45-47-49-51-53-55-57-59-61-63-65-67-69-71-73-80(83)89-78(77-88-90(84,85)87-75-74-81)76-86-79(82)72-70-68-66-64-62-60-58-56-54-52-50-48-46-44-42-40-38-36-34-32-30-28-26-24-22-20-18-16-14-12-10-8-6-4-2/h5,7,11,13,17,19,23,25,78H,3-4,6,8-10,12,14-16,18,20-22,24,26-77,81H2,1-2H3,(H,84,85)/b7-5-,13-11-,19-17-,25-23-. The predicted octanol–water partition coefficient (Wildman–Crippen LogP) is 26.4. The van der Waals surface area contributed by atoms with E-state index in [1.54, 1.807) is 0 Å². The summed E-state index contributed by atoms with van der Waals surface area (Å²) in [6.45, 7) is 3.72. The molecule has 0 aliphatic carbocycles. The number of esters is 2. The number of hydrogen-bond donors (Lipinski definition) is 2. The van der Waals surface area contributed by atoms with Gasteiger partial charge in [0.15, 0.2) is 6.10 Å². The summed E-state index contributed by atoms with van der Waals surface area (Å²) in [6.07, 6.45) is 98.3. The Kier molecular flexibility index (Phi) is 74.3. The Bertz CT molecular complexity index is 1620. The summed E-state index contributed by atoms with van der Waals surface area (Å²) in [5.74, 6) is -0.801. The maximum absolute atomic E-state index is 12.8. The van der Waals surface area contributed by atoms with Crippen LogP contribution in [-0.4, -0.2) is 49.3 Å². The van der Waals surface area contributed by atoms with Crippen LogP contribution in [0.1, 0.15) is 418 Å². The van der Waals surface area contributed by atoms with E-state index in [1.807, 2.05) is 0 Å². The normalized spacial score (nSPS) is 13.1. The third kappa shape index (κ3) is 75.0. The fourth-order valence-electron chi connectivity index (χ4n) is 12.2. The highest BCUT2D eigenvalue weighted by Crippen LogP contribution is 2.43. The first-order chi connectivity index (χ1) is 44.3. The van der Waals surface area contributed by atoms with Crippen LogP contribution in [0, 0.1) is 0 Å². The highest BCUT2D eigenvalue weighted by molar-refractivity contribution is 7.47. The number of rotatable bonds is 76. The van der Waals surface area contributed by atoms with E-state index in [0.29, 0.717) is 6.42 Å². The Labute approximate surface area is 559 Å². The Morgan fingerprint density at radius 3 is 0.911 bits per heavy atom. The molecule has 530 valence electrons. The Balaban J connectivity index is 3.75. The van der Waals surface area contributed by atoms with E-state index in [2.05, 4.69) is 62.5 Å². The number of hydrogen-bond acceptors (Lipinski definition) is 8. The summed E-state index contributed by atoms with van der Waals surface area (Å²) in [6, 6.07) is 0. The van der Waals surface area contributed by atoms with E-state index in [4.69, 9.17) is 24.3 Å². The van der Waals surface area contributed by atoms with Gasteiger partial charge in [0.05, 0.1) is 13.2 Å². The van der Waals surface area contributed by atoms with Gasteiger partial charge in [0.25, 0.3) is 0 Å². The molecule has 0 radical (unpaired) electrons. The molecule has 2 unspecified atom stereocenters. The summed E-state index contributed by atoms with van der Waals surface area (Å²) in [5.41, 5.74) is 5.42. The van der Waals surface area contributed by atoms with Crippen LogP contribution in [0.3, 0.4) is 0 Å². The third-order valence-corrected chi connectivity index (χ3v) is 19.0. The monoisotopic (exact) mass is 1290 g/mol. The minimum absolute atomic E-state index is 0.0563. The molecule has 0 spiro atoms. The van der Waals surface area contributed by atoms with Crippen LogP contribution in [-0.2, 0) is 32.7 Å². The molecule has 10 heteroatoms. The Morgan fingerprint density at radius 1 is 0.344 bits per heavy atom. The summed E-state index contributed by atoms with van der Waals surface area (Å²) >= 11 is 0. The SMILES string of the molecule is CC/C=C\C/C=C\C/C=C\C/C=C\CCCCCCCCCCCCCCCCCCCCCCCCC(=O)OC(COC(=O)CCCCCCCCCCCCCCCCCCCCCCCCCCCCCCCCCCCC)COP(=O)(O)OCCN. The molecular weight excluding hydrogens is 1130 g/mol. The van der Waals surface area contributed by atoms with Crippen molar-refractivity contribution in [1.82, 2.24) is 0 Å². The van der Waals surface area contributed by atoms with Gasteiger partial charge in [-0.15, -0.1) is 0 Å². The van der Waals surface area contributed by atoms with Crippen LogP contribution in [0.15, 0.2) is 48.6 Å². The lowest BCUT2D eigenvalue weighted by molar-refractivity contribution is -0.161. The van der Waals surface area contributed by atoms with Crippen molar-refractivity contribution in [3.05, 3.63) is 48.6 Å². The Hall–Kier alpha value is -2.03. The first kappa shape index (κ1) is 88.0. The van der Waals surface area contributed by atoms with E-state index < -0.39 is 26.5 Å². The molecule has 0 aliphatic rings. The molecule has 0 saturated carbocycles. The summed E-state index contributed by atoms with van der Waals surface area (Å²) in [7, 11) is -4.39. The molecule has 0 fully saturated rings. The highest BCUT2D eigenvalue weighted by atomic mass is 31.2. The van der Waals surface area contributed by atoms with Gasteiger partial charge in [-0.1, -0.05) is 403 Å². The maximum atomic E-state index is 12.8. The first-order valence-corrected chi connectivity index (χ1v) is 41.1. The predicted molar refractivity (Wildman–Crippen MR) is 390 cm³/mol. The van der Waals surface area contributed by atoms with Crippen molar-refractivity contribution < 1.29 is 37.6 Å². The molecule has 0 amide bonds. The number of allylic oxidation sites excluding steroid dienone is 8. The molecule has 0 bridgehead atoms. The lowest BCUT2D eigenvalue weighted by Crippen LogP contribution is -2.29. The van der Waals surface area contributed by atoms with Crippen molar-refractivity contribution in [3.63, 3.8) is 0 Å². The highest BCUT2D eigenvalue weighted by Gasteiger charge is 2.26. The van der Waals surface area contributed by atoms with Crippen LogP contribution >= 0.6 is 7.82 Å². The average molecular weight is 1290 g/mol. The van der Waals surface area contributed by atoms with Crippen LogP contribution in [0.5, 0.6) is 0 Å². The maximum Gasteiger partial charge on any atom is 0.472 e. The quantitative estimate of drug-likeness (QED) is 0.0264. The van der Waals surface area contributed by atoms with Crippen molar-refractivity contribution >= 4 is 19.8 Å². The van der Waals surface area contributed by atoms with Crippen LogP contribution in [0.2, 0.25) is 0 Å². The second-order valence-electron chi connectivity index (χ2n) is 26.9. The number of ether oxygens (including phenoxy) is 2. The van der Waals surface area contributed by atoms with Crippen LogP contribution in [0.4, 0.5) is 0 Å². The van der Waals surface area contributed by atoms with Crippen LogP contribution in [0.25, 0.3) is 0 Å². The molecule has 0 rings (SSSR count). The molecule has 0 heterocycles. The number of carbonyl (C=O) groups excluding carboxylic acids is 2. The molecule has 9 nitrogen and oxygen atoms in total. The second-order valence-corrected chi connectivity index (χ2v) is 28.4. The summed E-state index contributed by atoms with van der Waals surface area (Å²) < 4.78 is 33.3. The average Bonchev–Trinajstić information content (AvgIpc) is 3.75. The van der Waals surface area contributed by atoms with Crippen molar-refractivity contribution in [2.24, 2.45) is 5.73 Å². The van der Waals surface area contributed by atoms with Gasteiger partial charge >= 0.3 is 19.8 Å². The minimum atomic E-state index is -4.39.